The van der Waals surface area contributed by atoms with Crippen LogP contribution in [0.1, 0.15) is 29.6 Å². The fraction of sp³-hybridized carbons (Fsp3) is 0.500. The van der Waals surface area contributed by atoms with Crippen molar-refractivity contribution in [3.8, 4) is 17.1 Å². The molecule has 0 bridgehead atoms. The summed E-state index contributed by atoms with van der Waals surface area (Å²) in [6.07, 6.45) is 1.25. The standard InChI is InChI=1S/C20H26FN3O5/c1-23(2)18-16(19(26)24-9-4-7-20(27,12-25)8-10-24)17(29-22-18)13-5-6-14(21)15(11-13)28-3/h5-6,11,25,27H,4,7-10,12H2,1-3H3. The van der Waals surface area contributed by atoms with Crippen LogP contribution in [0.4, 0.5) is 10.2 Å². The lowest BCUT2D eigenvalue weighted by Gasteiger charge is -2.24. The molecule has 1 aromatic carbocycles. The average molecular weight is 407 g/mol. The first-order valence-corrected chi connectivity index (χ1v) is 9.43. The van der Waals surface area contributed by atoms with E-state index in [2.05, 4.69) is 5.16 Å². The van der Waals surface area contributed by atoms with Gasteiger partial charge in [0, 0.05) is 32.7 Å². The number of halogens is 1. The predicted molar refractivity (Wildman–Crippen MR) is 105 cm³/mol. The average Bonchev–Trinajstić information content (AvgIpc) is 3.06. The summed E-state index contributed by atoms with van der Waals surface area (Å²) >= 11 is 0. The van der Waals surface area contributed by atoms with E-state index in [9.17, 15) is 19.4 Å². The van der Waals surface area contributed by atoms with E-state index in [1.54, 1.807) is 23.9 Å². The Balaban J connectivity index is 2.00. The molecule has 9 heteroatoms. The fourth-order valence-corrected chi connectivity index (χ4v) is 3.48. The summed E-state index contributed by atoms with van der Waals surface area (Å²) in [5, 5.41) is 23.8. The van der Waals surface area contributed by atoms with Crippen LogP contribution in [0.2, 0.25) is 0 Å². The van der Waals surface area contributed by atoms with Gasteiger partial charge in [0.1, 0.15) is 5.56 Å². The van der Waals surface area contributed by atoms with E-state index < -0.39 is 11.4 Å². The minimum atomic E-state index is -1.18. The van der Waals surface area contributed by atoms with E-state index in [4.69, 9.17) is 9.26 Å². The van der Waals surface area contributed by atoms with Crippen LogP contribution in [0.25, 0.3) is 11.3 Å². The number of aromatic nitrogens is 1. The maximum Gasteiger partial charge on any atom is 0.261 e. The Morgan fingerprint density at radius 1 is 1.38 bits per heavy atom. The minimum Gasteiger partial charge on any atom is -0.494 e. The van der Waals surface area contributed by atoms with E-state index in [1.807, 2.05) is 0 Å². The molecule has 3 rings (SSSR count). The van der Waals surface area contributed by atoms with Crippen molar-refractivity contribution in [3.05, 3.63) is 29.6 Å². The number of anilines is 1. The van der Waals surface area contributed by atoms with Crippen molar-refractivity contribution in [1.82, 2.24) is 10.1 Å². The molecule has 0 spiro atoms. The van der Waals surface area contributed by atoms with Crippen LogP contribution in [0, 0.1) is 5.82 Å². The van der Waals surface area contributed by atoms with Crippen molar-refractivity contribution in [2.24, 2.45) is 0 Å². The number of hydrogen-bond acceptors (Lipinski definition) is 7. The zero-order valence-corrected chi connectivity index (χ0v) is 16.8. The number of aliphatic hydroxyl groups excluding tert-OH is 1. The second-order valence-corrected chi connectivity index (χ2v) is 7.48. The van der Waals surface area contributed by atoms with Crippen LogP contribution >= 0.6 is 0 Å². The van der Waals surface area contributed by atoms with Gasteiger partial charge in [-0.15, -0.1) is 0 Å². The lowest BCUT2D eigenvalue weighted by molar-refractivity contribution is -0.0250. The molecule has 0 radical (unpaired) electrons. The van der Waals surface area contributed by atoms with Crippen molar-refractivity contribution < 1.29 is 28.7 Å². The van der Waals surface area contributed by atoms with Gasteiger partial charge in [-0.05, 0) is 37.5 Å². The van der Waals surface area contributed by atoms with Gasteiger partial charge in [-0.1, -0.05) is 5.16 Å². The number of ether oxygens (including phenoxy) is 1. The number of rotatable bonds is 5. The largest absolute Gasteiger partial charge is 0.494 e. The van der Waals surface area contributed by atoms with Gasteiger partial charge in [0.25, 0.3) is 5.91 Å². The summed E-state index contributed by atoms with van der Waals surface area (Å²) in [4.78, 5) is 16.7. The van der Waals surface area contributed by atoms with Crippen molar-refractivity contribution in [2.45, 2.75) is 24.9 Å². The molecule has 1 fully saturated rings. The normalized spacial score (nSPS) is 19.7. The lowest BCUT2D eigenvalue weighted by atomic mass is 9.96. The SMILES string of the molecule is COc1cc(-c2onc(N(C)C)c2C(=O)N2CCCC(O)(CO)CC2)ccc1F. The van der Waals surface area contributed by atoms with Crippen LogP contribution in [0.15, 0.2) is 22.7 Å². The Morgan fingerprint density at radius 2 is 2.14 bits per heavy atom. The highest BCUT2D eigenvalue weighted by Gasteiger charge is 2.34. The number of nitrogens with zero attached hydrogens (tertiary/aromatic N) is 3. The van der Waals surface area contributed by atoms with Gasteiger partial charge in [0.2, 0.25) is 0 Å². The van der Waals surface area contributed by atoms with Crippen LogP contribution < -0.4 is 9.64 Å². The van der Waals surface area contributed by atoms with E-state index in [0.717, 1.165) is 0 Å². The summed E-state index contributed by atoms with van der Waals surface area (Å²) in [6.45, 7) is 0.386. The number of benzene rings is 1. The van der Waals surface area contributed by atoms with E-state index >= 15 is 0 Å². The summed E-state index contributed by atoms with van der Waals surface area (Å²) in [7, 11) is 4.85. The number of methoxy groups -OCH3 is 1. The second kappa shape index (κ2) is 8.38. The number of hydrogen-bond donors (Lipinski definition) is 2. The molecule has 1 aliphatic rings. The van der Waals surface area contributed by atoms with Gasteiger partial charge >= 0.3 is 0 Å². The number of carbonyl (C=O) groups is 1. The highest BCUT2D eigenvalue weighted by atomic mass is 19.1. The first-order chi connectivity index (χ1) is 13.8. The summed E-state index contributed by atoms with van der Waals surface area (Å²) in [5.74, 6) is -0.206. The van der Waals surface area contributed by atoms with E-state index in [0.29, 0.717) is 37.3 Å². The van der Waals surface area contributed by atoms with Gasteiger partial charge in [0.15, 0.2) is 23.1 Å². The molecule has 2 heterocycles. The number of likely N-dealkylation sites (tertiary alicyclic amines) is 1. The molecule has 2 N–H and O–H groups in total. The molecule has 1 saturated heterocycles. The monoisotopic (exact) mass is 407 g/mol. The summed E-state index contributed by atoms with van der Waals surface area (Å²) in [6, 6.07) is 4.20. The molecule has 0 aliphatic carbocycles. The lowest BCUT2D eigenvalue weighted by Crippen LogP contribution is -2.37. The zero-order valence-electron chi connectivity index (χ0n) is 16.8. The third-order valence-electron chi connectivity index (χ3n) is 5.22. The highest BCUT2D eigenvalue weighted by molar-refractivity contribution is 6.04. The molecule has 1 unspecified atom stereocenters. The molecule has 8 nitrogen and oxygen atoms in total. The van der Waals surface area contributed by atoms with E-state index in [1.165, 1.54) is 25.3 Å². The molecule has 158 valence electrons. The van der Waals surface area contributed by atoms with Crippen molar-refractivity contribution in [1.29, 1.82) is 0 Å². The molecule has 1 atom stereocenters. The Labute approximate surface area is 168 Å². The first kappa shape index (κ1) is 21.1. The Morgan fingerprint density at radius 3 is 2.79 bits per heavy atom. The molecule has 1 aliphatic heterocycles. The van der Waals surface area contributed by atoms with Gasteiger partial charge in [-0.3, -0.25) is 4.79 Å². The smallest absolute Gasteiger partial charge is 0.261 e. The topological polar surface area (TPSA) is 99.3 Å². The van der Waals surface area contributed by atoms with Gasteiger partial charge in [-0.2, -0.15) is 0 Å². The van der Waals surface area contributed by atoms with E-state index in [-0.39, 0.29) is 36.0 Å². The van der Waals surface area contributed by atoms with Gasteiger partial charge < -0.3 is 29.3 Å². The first-order valence-electron chi connectivity index (χ1n) is 9.43. The van der Waals surface area contributed by atoms with Crippen molar-refractivity contribution >= 4 is 11.7 Å². The predicted octanol–water partition coefficient (Wildman–Crippen LogP) is 1.90. The molecule has 29 heavy (non-hydrogen) atoms. The third kappa shape index (κ3) is 4.20. The number of aliphatic hydroxyl groups is 2. The van der Waals surface area contributed by atoms with Gasteiger partial charge in [0.05, 0.1) is 19.3 Å². The molecule has 2 aromatic rings. The number of carbonyl (C=O) groups excluding carboxylic acids is 1. The zero-order chi connectivity index (χ0) is 21.2. The van der Waals surface area contributed by atoms with Gasteiger partial charge in [-0.25, -0.2) is 4.39 Å². The number of amides is 1. The third-order valence-corrected chi connectivity index (χ3v) is 5.22. The quantitative estimate of drug-likeness (QED) is 0.781. The maximum atomic E-state index is 13.8. The van der Waals surface area contributed by atoms with Crippen molar-refractivity contribution in [3.63, 3.8) is 0 Å². The Hall–Kier alpha value is -2.65. The molecular weight excluding hydrogens is 381 g/mol. The summed E-state index contributed by atoms with van der Waals surface area (Å²) in [5.41, 5.74) is -0.451. The molecule has 1 amide bonds. The minimum absolute atomic E-state index is 0.0338. The summed E-state index contributed by atoms with van der Waals surface area (Å²) < 4.78 is 24.3. The van der Waals surface area contributed by atoms with Crippen LogP contribution in [0.5, 0.6) is 5.75 Å². The van der Waals surface area contributed by atoms with Crippen LogP contribution in [-0.2, 0) is 0 Å². The fourth-order valence-electron chi connectivity index (χ4n) is 3.48. The second-order valence-electron chi connectivity index (χ2n) is 7.48. The Bertz CT molecular complexity index is 885. The van der Waals surface area contributed by atoms with Crippen LogP contribution in [-0.4, -0.2) is 72.7 Å². The van der Waals surface area contributed by atoms with Crippen LogP contribution in [0.3, 0.4) is 0 Å². The highest BCUT2D eigenvalue weighted by Crippen LogP contribution is 2.35. The van der Waals surface area contributed by atoms with Crippen molar-refractivity contribution in [2.75, 3.05) is 45.8 Å². The molecular formula is C20H26FN3O5. The molecule has 1 aromatic heterocycles. The maximum absolute atomic E-state index is 13.8. The molecule has 0 saturated carbocycles. The Kier molecular flexibility index (Phi) is 6.09.